The summed E-state index contributed by atoms with van der Waals surface area (Å²) in [4.78, 5) is 20.2. The van der Waals surface area contributed by atoms with Gasteiger partial charge in [0.25, 0.3) is 5.69 Å². The summed E-state index contributed by atoms with van der Waals surface area (Å²) in [5.74, 6) is 0. The molecule has 8 aromatic rings. The van der Waals surface area contributed by atoms with Gasteiger partial charge < -0.3 is 10.6 Å². The van der Waals surface area contributed by atoms with E-state index in [1.54, 1.807) is 59.1 Å². The van der Waals surface area contributed by atoms with E-state index in [0.717, 1.165) is 58.8 Å². The Hall–Kier alpha value is -6.03. The van der Waals surface area contributed by atoms with Gasteiger partial charge in [-0.05, 0) is 49.9 Å². The van der Waals surface area contributed by atoms with Crippen molar-refractivity contribution in [3.8, 4) is 21.1 Å². The molecule has 4 heterocycles. The zero-order chi connectivity index (χ0) is 42.1. The molecule has 0 radical (unpaired) electrons. The normalized spacial score (nSPS) is 12.2. The van der Waals surface area contributed by atoms with Crippen molar-refractivity contribution in [2.75, 3.05) is 15.4 Å². The number of non-ortho nitro benzene ring substituents is 1. The first-order chi connectivity index (χ1) is 28.9. The number of nitrogens with one attached hydrogen (secondary N) is 3. The lowest BCUT2D eigenvalue weighted by Crippen LogP contribution is -2.14. The van der Waals surface area contributed by atoms with Crippen LogP contribution in [0, 0.1) is 24.0 Å². The number of benzene rings is 4. The average molecular weight is 897 g/mol. The van der Waals surface area contributed by atoms with Gasteiger partial charge in [0.15, 0.2) is 0 Å². The predicted molar refractivity (Wildman–Crippen MR) is 239 cm³/mol. The lowest BCUT2D eigenvalue weighted by molar-refractivity contribution is -0.384. The summed E-state index contributed by atoms with van der Waals surface area (Å²) >= 11 is 6.12. The van der Waals surface area contributed by atoms with E-state index in [1.807, 2.05) is 90.0 Å². The molecule has 2 atom stereocenters. The molecule has 0 amide bonds. The quantitative estimate of drug-likeness (QED) is 0.0429. The number of aryl methyl sites for hydroxylation is 2. The van der Waals surface area contributed by atoms with Crippen molar-refractivity contribution in [3.05, 3.63) is 163 Å². The first-order valence-corrected chi connectivity index (χ1v) is 23.0. The fourth-order valence-corrected chi connectivity index (χ4v) is 9.35. The summed E-state index contributed by atoms with van der Waals surface area (Å²) in [6, 6.07) is 33.2. The predicted octanol–water partition coefficient (Wildman–Crippen LogP) is 9.85. The van der Waals surface area contributed by atoms with Crippen molar-refractivity contribution < 1.29 is 17.9 Å². The third-order valence-corrected chi connectivity index (χ3v) is 12.5. The molecule has 0 aliphatic heterocycles. The van der Waals surface area contributed by atoms with E-state index < -0.39 is 15.2 Å². The summed E-state index contributed by atoms with van der Waals surface area (Å²) in [7, 11) is -4.30. The maximum Gasteiger partial charge on any atom is 0.357 e. The van der Waals surface area contributed by atoms with E-state index in [0.29, 0.717) is 18.0 Å². The van der Waals surface area contributed by atoms with Crippen LogP contribution in [0.5, 0.6) is 0 Å². The minimum atomic E-state index is -4.30. The highest BCUT2D eigenvalue weighted by atomic mass is 32.2. The highest BCUT2D eigenvalue weighted by Crippen LogP contribution is 2.33. The Morgan fingerprint density at radius 2 is 1.08 bits per heavy atom. The summed E-state index contributed by atoms with van der Waals surface area (Å²) in [5, 5.41) is 43.4. The van der Waals surface area contributed by atoms with Crippen molar-refractivity contribution in [3.63, 3.8) is 0 Å². The topological polar surface area (TPSA) is 211 Å². The molecule has 15 nitrogen and oxygen atoms in total. The highest BCUT2D eigenvalue weighted by Gasteiger charge is 2.21. The number of rotatable bonds is 15. The Bertz CT molecular complexity index is 2740. The van der Waals surface area contributed by atoms with Crippen molar-refractivity contribution in [2.45, 2.75) is 38.8 Å². The molecule has 4 aromatic heterocycles. The van der Waals surface area contributed by atoms with Gasteiger partial charge in [-0.15, -0.1) is 43.1 Å². The smallest absolute Gasteiger partial charge is 0.351 e. The van der Waals surface area contributed by atoms with Gasteiger partial charge in [0, 0.05) is 34.0 Å². The SMILES string of the molecule is Cc1nnc(N[C@@H](Cc2ccc(NS(=O)(=O)O)cc2)c2csc(-c3ccccc3)n2)s1.Cc1nnc(N[C@@H](Cc2ccc([N+](=O)[O-])cc2)c2csc(-c3ccccc3)n2)s1. The van der Waals surface area contributed by atoms with Crippen LogP contribution in [-0.4, -0.2) is 48.3 Å². The van der Waals surface area contributed by atoms with Crippen LogP contribution in [0.3, 0.4) is 0 Å². The fourth-order valence-electron chi connectivity index (χ4n) is 5.87. The van der Waals surface area contributed by atoms with Crippen LogP contribution in [0.15, 0.2) is 120 Å². The van der Waals surface area contributed by atoms with Crippen LogP contribution in [0.2, 0.25) is 0 Å². The van der Waals surface area contributed by atoms with Gasteiger partial charge in [-0.25, -0.2) is 9.97 Å². The number of aromatic nitrogens is 6. The number of thiazole rings is 2. The fraction of sp³-hybridized carbons (Fsp3) is 0.150. The number of hydrogen-bond acceptors (Lipinski definition) is 16. The average Bonchev–Trinajstić information content (AvgIpc) is 4.08. The molecule has 8 rings (SSSR count). The molecular weight excluding hydrogens is 861 g/mol. The van der Waals surface area contributed by atoms with Crippen molar-refractivity contribution in [2.24, 2.45) is 0 Å². The molecule has 4 aromatic carbocycles. The molecule has 0 aliphatic rings. The molecule has 0 saturated carbocycles. The first-order valence-electron chi connectivity index (χ1n) is 18.2. The Morgan fingerprint density at radius 1 is 0.650 bits per heavy atom. The molecule has 0 unspecified atom stereocenters. The molecule has 0 fully saturated rings. The Labute approximate surface area is 361 Å². The number of anilines is 3. The maximum atomic E-state index is 11.0. The van der Waals surface area contributed by atoms with Crippen molar-refractivity contribution in [1.29, 1.82) is 0 Å². The minimum absolute atomic E-state index is 0.0815. The molecule has 4 N–H and O–H groups in total. The van der Waals surface area contributed by atoms with Gasteiger partial charge in [0.05, 0.1) is 34.1 Å². The van der Waals surface area contributed by atoms with E-state index in [1.165, 1.54) is 34.8 Å². The minimum Gasteiger partial charge on any atom is -0.351 e. The van der Waals surface area contributed by atoms with E-state index >= 15 is 0 Å². The Kier molecular flexibility index (Phi) is 13.6. The molecule has 0 spiro atoms. The van der Waals surface area contributed by atoms with Crippen molar-refractivity contribution in [1.82, 2.24) is 30.4 Å². The number of nitro groups is 1. The Balaban J connectivity index is 0.000000182. The van der Waals surface area contributed by atoms with Crippen LogP contribution in [-0.2, 0) is 23.1 Å². The van der Waals surface area contributed by atoms with Crippen LogP contribution in [0.4, 0.5) is 21.6 Å². The van der Waals surface area contributed by atoms with Crippen LogP contribution < -0.4 is 15.4 Å². The second kappa shape index (κ2) is 19.4. The molecule has 306 valence electrons. The number of nitrogens with zero attached hydrogens (tertiary/aromatic N) is 7. The van der Waals surface area contributed by atoms with Gasteiger partial charge in [0.1, 0.15) is 20.0 Å². The largest absolute Gasteiger partial charge is 0.357 e. The van der Waals surface area contributed by atoms with E-state index in [4.69, 9.17) is 14.5 Å². The van der Waals surface area contributed by atoms with Crippen LogP contribution in [0.1, 0.15) is 44.6 Å². The second-order valence-electron chi connectivity index (χ2n) is 13.1. The van der Waals surface area contributed by atoms with Gasteiger partial charge in [-0.3, -0.25) is 19.4 Å². The summed E-state index contributed by atoms with van der Waals surface area (Å²) in [6.07, 6.45) is 1.22. The van der Waals surface area contributed by atoms with E-state index in [2.05, 4.69) is 31.0 Å². The zero-order valence-corrected chi connectivity index (χ0v) is 36.0. The number of hydrogen-bond donors (Lipinski definition) is 4. The van der Waals surface area contributed by atoms with Crippen molar-refractivity contribution >= 4 is 77.3 Å². The third kappa shape index (κ3) is 11.8. The third-order valence-electron chi connectivity index (χ3n) is 8.67. The lowest BCUT2D eigenvalue weighted by Gasteiger charge is -2.16. The molecule has 0 aliphatic carbocycles. The lowest BCUT2D eigenvalue weighted by atomic mass is 10.0. The maximum absolute atomic E-state index is 11.0. The van der Waals surface area contributed by atoms with E-state index in [9.17, 15) is 18.5 Å². The molecular formula is C40H36N10O5S5. The Morgan fingerprint density at radius 3 is 1.47 bits per heavy atom. The summed E-state index contributed by atoms with van der Waals surface area (Å²) < 4.78 is 32.9. The molecule has 0 bridgehead atoms. The first kappa shape index (κ1) is 42.1. The van der Waals surface area contributed by atoms with Gasteiger partial charge >= 0.3 is 10.3 Å². The monoisotopic (exact) mass is 896 g/mol. The molecule has 20 heteroatoms. The van der Waals surface area contributed by atoms with Gasteiger partial charge in [-0.2, -0.15) is 8.42 Å². The zero-order valence-electron chi connectivity index (χ0n) is 31.9. The van der Waals surface area contributed by atoms with Crippen LogP contribution in [0.25, 0.3) is 21.1 Å². The molecule has 0 saturated heterocycles. The highest BCUT2D eigenvalue weighted by molar-refractivity contribution is 7.87. The molecule has 60 heavy (non-hydrogen) atoms. The van der Waals surface area contributed by atoms with E-state index in [-0.39, 0.29) is 23.5 Å². The van der Waals surface area contributed by atoms with Crippen LogP contribution >= 0.6 is 45.3 Å². The summed E-state index contributed by atoms with van der Waals surface area (Å²) in [5.41, 5.74) is 6.23. The second-order valence-corrected chi connectivity index (χ2v) is 18.4. The standard InChI is InChI=1S/C20H19N5O3S3.C20H17N5O2S2/c1-13-23-24-20(30-13)22-17(11-14-7-9-16(10-8-14)25-31(26,27)28)18-12-29-19(21-18)15-5-3-2-4-6-15;1-13-23-24-20(29-13)22-17(11-14-7-9-16(10-8-14)25(26)27)18-12-28-19(21-18)15-5-3-2-4-6-15/h2-10,12,17,25H,11H2,1H3,(H,22,24)(H,26,27,28);2-10,12,17H,11H2,1H3,(H,22,24)/t2*17-/m00/s1. The van der Waals surface area contributed by atoms with Gasteiger partial charge in [-0.1, -0.05) is 108 Å². The van der Waals surface area contributed by atoms with Gasteiger partial charge in [0.2, 0.25) is 10.3 Å². The number of nitro benzene ring substituents is 1. The summed E-state index contributed by atoms with van der Waals surface area (Å²) in [6.45, 7) is 3.81.